The molecular formula is C15H19N2O3. The van der Waals surface area contributed by atoms with Crippen LogP contribution in [0.3, 0.4) is 0 Å². The largest absolute Gasteiger partial charge is 0.445 e. The second-order valence-corrected chi connectivity index (χ2v) is 4.77. The molecule has 1 N–H and O–H groups in total. The first-order valence-electron chi connectivity index (χ1n) is 6.74. The molecule has 2 rings (SSSR count). The molecule has 1 aliphatic heterocycles. The topological polar surface area (TPSA) is 58.6 Å². The lowest BCUT2D eigenvalue weighted by Crippen LogP contribution is -2.41. The Morgan fingerprint density at radius 1 is 1.35 bits per heavy atom. The van der Waals surface area contributed by atoms with Gasteiger partial charge in [0.25, 0.3) is 0 Å². The van der Waals surface area contributed by atoms with Crippen LogP contribution < -0.4 is 5.32 Å². The Balaban J connectivity index is 1.68. The van der Waals surface area contributed by atoms with Crippen molar-refractivity contribution in [2.24, 2.45) is 0 Å². The van der Waals surface area contributed by atoms with Crippen LogP contribution in [0.25, 0.3) is 0 Å². The fraction of sp³-hybridized carbons (Fsp3) is 0.400. The van der Waals surface area contributed by atoms with Gasteiger partial charge in [-0.3, -0.25) is 4.79 Å². The van der Waals surface area contributed by atoms with Crippen molar-refractivity contribution in [1.29, 1.82) is 0 Å². The van der Waals surface area contributed by atoms with Crippen LogP contribution in [0.2, 0.25) is 0 Å². The third-order valence-corrected chi connectivity index (χ3v) is 3.29. The van der Waals surface area contributed by atoms with E-state index in [0.717, 1.165) is 18.5 Å². The molecule has 1 saturated heterocycles. The fourth-order valence-corrected chi connectivity index (χ4v) is 2.16. The third-order valence-electron chi connectivity index (χ3n) is 3.29. The first-order valence-corrected chi connectivity index (χ1v) is 6.74. The second-order valence-electron chi connectivity index (χ2n) is 4.77. The van der Waals surface area contributed by atoms with Gasteiger partial charge in [0.2, 0.25) is 5.91 Å². The highest BCUT2D eigenvalue weighted by molar-refractivity contribution is 5.82. The number of carbonyl (C=O) groups excluding carboxylic acids is 2. The third kappa shape index (κ3) is 3.98. The zero-order valence-corrected chi connectivity index (χ0v) is 11.5. The summed E-state index contributed by atoms with van der Waals surface area (Å²) in [5.74, 6) is -0.0806. The Morgan fingerprint density at radius 2 is 2.10 bits per heavy atom. The number of carbonyl (C=O) groups is 2. The molecule has 1 aromatic carbocycles. The molecule has 1 aromatic rings. The normalized spacial score (nSPS) is 17.9. The first-order chi connectivity index (χ1) is 9.66. The van der Waals surface area contributed by atoms with E-state index in [1.54, 1.807) is 4.90 Å². The quantitative estimate of drug-likeness (QED) is 0.910. The molecule has 1 fully saturated rings. The van der Waals surface area contributed by atoms with Crippen LogP contribution in [0.5, 0.6) is 0 Å². The van der Waals surface area contributed by atoms with Crippen molar-refractivity contribution in [2.45, 2.75) is 26.0 Å². The molecule has 2 amide bonds. The Kier molecular flexibility index (Phi) is 4.98. The van der Waals surface area contributed by atoms with Crippen LogP contribution in [0.15, 0.2) is 30.3 Å². The van der Waals surface area contributed by atoms with Crippen LogP contribution in [0.1, 0.15) is 18.9 Å². The number of hydrogen-bond acceptors (Lipinski definition) is 3. The van der Waals surface area contributed by atoms with E-state index >= 15 is 0 Å². The lowest BCUT2D eigenvalue weighted by Gasteiger charge is -2.21. The average Bonchev–Trinajstić information content (AvgIpc) is 2.90. The molecule has 0 saturated carbocycles. The summed E-state index contributed by atoms with van der Waals surface area (Å²) < 4.78 is 5.04. The van der Waals surface area contributed by atoms with Crippen molar-refractivity contribution in [3.63, 3.8) is 0 Å². The van der Waals surface area contributed by atoms with Gasteiger partial charge >= 0.3 is 6.09 Å². The molecule has 0 aromatic heterocycles. The summed E-state index contributed by atoms with van der Waals surface area (Å²) in [6, 6.07) is 9.55. The van der Waals surface area contributed by atoms with E-state index in [9.17, 15) is 9.59 Å². The van der Waals surface area contributed by atoms with E-state index in [1.807, 2.05) is 37.3 Å². The number of nitrogens with one attached hydrogen (secondary N) is 1. The maximum atomic E-state index is 11.9. The lowest BCUT2D eigenvalue weighted by molar-refractivity contribution is -0.130. The molecule has 1 atom stereocenters. The predicted molar refractivity (Wildman–Crippen MR) is 74.7 cm³/mol. The highest BCUT2D eigenvalue weighted by Crippen LogP contribution is 2.14. The SMILES string of the molecule is CC1[CH]CCN1C(=O)CNC(=O)OCc1ccccc1. The number of hydrogen-bond donors (Lipinski definition) is 1. The smallest absolute Gasteiger partial charge is 0.407 e. The van der Waals surface area contributed by atoms with E-state index in [-0.39, 0.29) is 25.1 Å². The van der Waals surface area contributed by atoms with Gasteiger partial charge in [-0.1, -0.05) is 30.3 Å². The molecule has 1 heterocycles. The summed E-state index contributed by atoms with van der Waals surface area (Å²) in [6.07, 6.45) is 2.43. The minimum absolute atomic E-state index is 0.0220. The van der Waals surface area contributed by atoms with Crippen LogP contribution in [-0.2, 0) is 16.1 Å². The van der Waals surface area contributed by atoms with E-state index in [0.29, 0.717) is 0 Å². The van der Waals surface area contributed by atoms with Gasteiger partial charge in [0.1, 0.15) is 13.2 Å². The molecular weight excluding hydrogens is 256 g/mol. The zero-order chi connectivity index (χ0) is 14.4. The maximum Gasteiger partial charge on any atom is 0.407 e. The van der Waals surface area contributed by atoms with Gasteiger partial charge < -0.3 is 15.0 Å². The molecule has 0 aliphatic carbocycles. The number of likely N-dealkylation sites (tertiary alicyclic amines) is 1. The number of benzene rings is 1. The van der Waals surface area contributed by atoms with Crippen molar-refractivity contribution in [1.82, 2.24) is 10.2 Å². The summed E-state index contributed by atoms with van der Waals surface area (Å²) in [5, 5.41) is 2.48. The molecule has 0 bridgehead atoms. The highest BCUT2D eigenvalue weighted by Gasteiger charge is 2.25. The number of amides is 2. The van der Waals surface area contributed by atoms with Crippen LogP contribution in [0.4, 0.5) is 4.79 Å². The number of nitrogens with zero attached hydrogens (tertiary/aromatic N) is 1. The minimum Gasteiger partial charge on any atom is -0.445 e. The van der Waals surface area contributed by atoms with Gasteiger partial charge in [0.15, 0.2) is 0 Å². The monoisotopic (exact) mass is 275 g/mol. The van der Waals surface area contributed by atoms with Crippen molar-refractivity contribution in [3.05, 3.63) is 42.3 Å². The van der Waals surface area contributed by atoms with Gasteiger partial charge in [-0.25, -0.2) is 4.79 Å². The molecule has 5 heteroatoms. The molecule has 1 radical (unpaired) electrons. The summed E-state index contributed by atoms with van der Waals surface area (Å²) in [5.41, 5.74) is 0.914. The minimum atomic E-state index is -0.571. The first kappa shape index (κ1) is 14.4. The van der Waals surface area contributed by atoms with Crippen LogP contribution >= 0.6 is 0 Å². The summed E-state index contributed by atoms with van der Waals surface area (Å²) in [4.78, 5) is 25.1. The van der Waals surface area contributed by atoms with E-state index in [2.05, 4.69) is 11.7 Å². The van der Waals surface area contributed by atoms with Gasteiger partial charge in [0.05, 0.1) is 0 Å². The van der Waals surface area contributed by atoms with Gasteiger partial charge in [-0.15, -0.1) is 0 Å². The fourth-order valence-electron chi connectivity index (χ4n) is 2.16. The second kappa shape index (κ2) is 6.93. The summed E-state index contributed by atoms with van der Waals surface area (Å²) >= 11 is 0. The van der Waals surface area contributed by atoms with Gasteiger partial charge in [0, 0.05) is 12.6 Å². The maximum absolute atomic E-state index is 11.9. The molecule has 1 aliphatic rings. The zero-order valence-electron chi connectivity index (χ0n) is 11.5. The number of ether oxygens (including phenoxy) is 1. The molecule has 20 heavy (non-hydrogen) atoms. The van der Waals surface area contributed by atoms with Crippen LogP contribution in [-0.4, -0.2) is 36.0 Å². The molecule has 0 spiro atoms. The Morgan fingerprint density at radius 3 is 2.75 bits per heavy atom. The Hall–Kier alpha value is -2.04. The van der Waals surface area contributed by atoms with Crippen molar-refractivity contribution >= 4 is 12.0 Å². The number of alkyl carbamates (subject to hydrolysis) is 1. The standard InChI is InChI=1S/C15H19N2O3/c1-12-6-5-9-17(12)14(18)10-16-15(19)20-11-13-7-3-2-4-8-13/h2-4,6-8,12H,5,9-11H2,1H3,(H,16,19). The van der Waals surface area contributed by atoms with Gasteiger partial charge in [-0.05, 0) is 25.3 Å². The van der Waals surface area contributed by atoms with Crippen molar-refractivity contribution in [2.75, 3.05) is 13.1 Å². The van der Waals surface area contributed by atoms with Crippen molar-refractivity contribution < 1.29 is 14.3 Å². The van der Waals surface area contributed by atoms with Crippen LogP contribution in [0, 0.1) is 6.42 Å². The molecule has 107 valence electrons. The van der Waals surface area contributed by atoms with Crippen molar-refractivity contribution in [3.8, 4) is 0 Å². The molecule has 1 unspecified atom stereocenters. The van der Waals surface area contributed by atoms with E-state index in [4.69, 9.17) is 4.74 Å². The van der Waals surface area contributed by atoms with E-state index < -0.39 is 6.09 Å². The predicted octanol–water partition coefficient (Wildman–Crippen LogP) is 1.74. The summed E-state index contributed by atoms with van der Waals surface area (Å²) in [7, 11) is 0. The highest BCUT2D eigenvalue weighted by atomic mass is 16.5. The summed E-state index contributed by atoms with van der Waals surface area (Å²) in [6.45, 7) is 2.87. The van der Waals surface area contributed by atoms with E-state index in [1.165, 1.54) is 0 Å². The van der Waals surface area contributed by atoms with Gasteiger partial charge in [-0.2, -0.15) is 0 Å². The Labute approximate surface area is 118 Å². The Bertz CT molecular complexity index is 461. The number of rotatable bonds is 4. The lowest BCUT2D eigenvalue weighted by atomic mass is 10.2. The average molecular weight is 275 g/mol. The molecule has 5 nitrogen and oxygen atoms in total.